The van der Waals surface area contributed by atoms with Gasteiger partial charge in [0.2, 0.25) is 0 Å². The van der Waals surface area contributed by atoms with E-state index in [0.29, 0.717) is 11.1 Å². The molecule has 0 aromatic heterocycles. The van der Waals surface area contributed by atoms with Crippen LogP contribution in [0.4, 0.5) is 10.1 Å². The Kier molecular flexibility index (Phi) is 4.90. The fourth-order valence-corrected chi connectivity index (χ4v) is 3.93. The summed E-state index contributed by atoms with van der Waals surface area (Å²) in [5, 5.41) is 5.83. The molecule has 0 unspecified atom stereocenters. The number of carbonyl (C=O) groups is 1. The first kappa shape index (κ1) is 19.8. The van der Waals surface area contributed by atoms with Crippen molar-refractivity contribution >= 4 is 34.2 Å². The van der Waals surface area contributed by atoms with Crippen molar-refractivity contribution in [2.24, 2.45) is 5.10 Å². The summed E-state index contributed by atoms with van der Waals surface area (Å²) in [6, 6.07) is 16.5. The zero-order chi connectivity index (χ0) is 21.5. The number of nitrogens with one attached hydrogen (secondary N) is 1. The van der Waals surface area contributed by atoms with Crippen molar-refractivity contribution in [3.05, 3.63) is 83.2 Å². The van der Waals surface area contributed by atoms with Crippen LogP contribution in [-0.4, -0.2) is 24.7 Å². The molecule has 1 aliphatic rings. The van der Waals surface area contributed by atoms with Gasteiger partial charge < -0.3 is 4.90 Å². The number of amides is 1. The SMILES string of the molecule is CC1=CC(C)(C)N(C)c2cc(F)c(/C=N\NC(=O)c3cccc4ccccc34)cc21. The van der Waals surface area contributed by atoms with Crippen LogP contribution in [0.1, 0.15) is 42.3 Å². The lowest BCUT2D eigenvalue weighted by atomic mass is 9.88. The summed E-state index contributed by atoms with van der Waals surface area (Å²) in [5.74, 6) is -0.715. The standard InChI is InChI=1S/C25H24FN3O/c1-16-14-25(2,3)29(4)23-13-22(26)18(12-21(16)23)15-27-28-24(30)20-11-7-9-17-8-5-6-10-19(17)20/h5-15H,1-4H3,(H,28,30)/b27-15-. The van der Waals surface area contributed by atoms with Crippen molar-refractivity contribution in [1.82, 2.24) is 5.43 Å². The molecule has 3 aromatic rings. The Morgan fingerprint density at radius 2 is 1.87 bits per heavy atom. The van der Waals surface area contributed by atoms with E-state index in [1.165, 1.54) is 12.3 Å². The maximum absolute atomic E-state index is 14.7. The number of hydrogen-bond donors (Lipinski definition) is 1. The molecule has 152 valence electrons. The zero-order valence-electron chi connectivity index (χ0n) is 17.5. The van der Waals surface area contributed by atoms with Crippen molar-refractivity contribution in [1.29, 1.82) is 0 Å². The molecule has 1 aliphatic heterocycles. The molecule has 1 N–H and O–H groups in total. The average molecular weight is 401 g/mol. The lowest BCUT2D eigenvalue weighted by Crippen LogP contribution is -2.42. The molecule has 0 spiro atoms. The minimum absolute atomic E-state index is 0.189. The van der Waals surface area contributed by atoms with E-state index >= 15 is 0 Å². The highest BCUT2D eigenvalue weighted by molar-refractivity contribution is 6.07. The van der Waals surface area contributed by atoms with Crippen LogP contribution in [0.15, 0.2) is 65.8 Å². The van der Waals surface area contributed by atoms with E-state index in [2.05, 4.69) is 35.4 Å². The first-order chi connectivity index (χ1) is 14.3. The van der Waals surface area contributed by atoms with Crippen LogP contribution >= 0.6 is 0 Å². The fourth-order valence-electron chi connectivity index (χ4n) is 3.93. The molecule has 0 fully saturated rings. The Morgan fingerprint density at radius 3 is 2.67 bits per heavy atom. The van der Waals surface area contributed by atoms with Crippen LogP contribution < -0.4 is 10.3 Å². The maximum Gasteiger partial charge on any atom is 0.271 e. The summed E-state index contributed by atoms with van der Waals surface area (Å²) < 4.78 is 14.7. The third-order valence-corrected chi connectivity index (χ3v) is 5.74. The van der Waals surface area contributed by atoms with Crippen LogP contribution in [0.25, 0.3) is 16.3 Å². The number of carbonyl (C=O) groups excluding carboxylic acids is 1. The molecule has 0 atom stereocenters. The molecule has 4 nitrogen and oxygen atoms in total. The number of hydrazone groups is 1. The van der Waals surface area contributed by atoms with Gasteiger partial charge in [-0.05, 0) is 55.3 Å². The van der Waals surface area contributed by atoms with Crippen molar-refractivity contribution < 1.29 is 9.18 Å². The highest BCUT2D eigenvalue weighted by atomic mass is 19.1. The Morgan fingerprint density at radius 1 is 1.13 bits per heavy atom. The Balaban J connectivity index is 1.59. The second kappa shape index (κ2) is 7.41. The summed E-state index contributed by atoms with van der Waals surface area (Å²) >= 11 is 0. The first-order valence-electron chi connectivity index (χ1n) is 9.86. The number of likely N-dealkylation sites (N-methyl/N-ethyl adjacent to an activating group) is 1. The largest absolute Gasteiger partial charge is 0.365 e. The lowest BCUT2D eigenvalue weighted by Gasteiger charge is -2.40. The minimum atomic E-state index is -0.380. The highest BCUT2D eigenvalue weighted by Crippen LogP contribution is 2.38. The van der Waals surface area contributed by atoms with Gasteiger partial charge in [-0.1, -0.05) is 42.5 Å². The van der Waals surface area contributed by atoms with E-state index in [9.17, 15) is 9.18 Å². The molecular formula is C25H24FN3O. The van der Waals surface area contributed by atoms with Gasteiger partial charge in [0.25, 0.3) is 5.91 Å². The smallest absolute Gasteiger partial charge is 0.271 e. The van der Waals surface area contributed by atoms with E-state index in [4.69, 9.17) is 0 Å². The predicted octanol–water partition coefficient (Wildman–Crippen LogP) is 5.37. The molecule has 30 heavy (non-hydrogen) atoms. The van der Waals surface area contributed by atoms with Crippen molar-refractivity contribution in [3.8, 4) is 0 Å². The number of hydrogen-bond acceptors (Lipinski definition) is 3. The summed E-state index contributed by atoms with van der Waals surface area (Å²) in [6.07, 6.45) is 3.52. The number of allylic oxidation sites excluding steroid dienone is 1. The first-order valence-corrected chi connectivity index (χ1v) is 9.86. The summed E-state index contributed by atoms with van der Waals surface area (Å²) in [5.41, 5.74) is 6.07. The van der Waals surface area contributed by atoms with Crippen LogP contribution in [0.2, 0.25) is 0 Å². The fraction of sp³-hybridized carbons (Fsp3) is 0.200. The number of anilines is 1. The zero-order valence-corrected chi connectivity index (χ0v) is 17.5. The van der Waals surface area contributed by atoms with Gasteiger partial charge in [0.05, 0.1) is 11.8 Å². The molecule has 3 aromatic carbocycles. The summed E-state index contributed by atoms with van der Waals surface area (Å²) in [6.45, 7) is 6.21. The number of benzene rings is 3. The Hall–Kier alpha value is -3.47. The van der Waals surface area contributed by atoms with Gasteiger partial charge in [0.15, 0.2) is 0 Å². The Labute approximate surface area is 175 Å². The molecule has 4 rings (SSSR count). The number of halogens is 1. The monoisotopic (exact) mass is 401 g/mol. The van der Waals surface area contributed by atoms with Gasteiger partial charge in [-0.2, -0.15) is 5.10 Å². The topological polar surface area (TPSA) is 44.7 Å². The molecule has 1 amide bonds. The van der Waals surface area contributed by atoms with Crippen molar-refractivity contribution in [2.75, 3.05) is 11.9 Å². The van der Waals surface area contributed by atoms with Crippen molar-refractivity contribution in [2.45, 2.75) is 26.3 Å². The normalized spacial score (nSPS) is 15.2. The lowest BCUT2D eigenvalue weighted by molar-refractivity contribution is 0.0957. The number of rotatable bonds is 3. The van der Waals surface area contributed by atoms with Gasteiger partial charge in [0.1, 0.15) is 5.82 Å². The number of nitrogens with zero attached hydrogens (tertiary/aromatic N) is 2. The molecular weight excluding hydrogens is 377 g/mol. The van der Waals surface area contributed by atoms with Crippen LogP contribution in [-0.2, 0) is 0 Å². The van der Waals surface area contributed by atoms with Gasteiger partial charge in [0, 0.05) is 29.4 Å². The molecule has 0 bridgehead atoms. The third-order valence-electron chi connectivity index (χ3n) is 5.74. The van der Waals surface area contributed by atoms with Crippen LogP contribution in [0.3, 0.4) is 0 Å². The molecule has 5 heteroatoms. The molecule has 0 saturated heterocycles. The average Bonchev–Trinajstić information content (AvgIpc) is 2.72. The highest BCUT2D eigenvalue weighted by Gasteiger charge is 2.29. The van der Waals surface area contributed by atoms with Gasteiger partial charge in [-0.15, -0.1) is 0 Å². The van der Waals surface area contributed by atoms with Crippen molar-refractivity contribution in [3.63, 3.8) is 0 Å². The maximum atomic E-state index is 14.7. The molecule has 0 saturated carbocycles. The van der Waals surface area contributed by atoms with Gasteiger partial charge in [-0.25, -0.2) is 9.82 Å². The van der Waals surface area contributed by atoms with E-state index in [1.54, 1.807) is 12.1 Å². The molecule has 0 radical (unpaired) electrons. The van der Waals surface area contributed by atoms with E-state index in [1.807, 2.05) is 50.4 Å². The Bertz CT molecular complexity index is 1200. The second-order valence-corrected chi connectivity index (χ2v) is 8.16. The summed E-state index contributed by atoms with van der Waals surface area (Å²) in [4.78, 5) is 14.7. The van der Waals surface area contributed by atoms with E-state index in [-0.39, 0.29) is 17.3 Å². The summed E-state index contributed by atoms with van der Waals surface area (Å²) in [7, 11) is 1.96. The number of fused-ring (bicyclic) bond motifs is 2. The molecule has 0 aliphatic carbocycles. The predicted molar refractivity (Wildman–Crippen MR) is 122 cm³/mol. The van der Waals surface area contributed by atoms with E-state index in [0.717, 1.165) is 27.6 Å². The minimum Gasteiger partial charge on any atom is -0.365 e. The van der Waals surface area contributed by atoms with Gasteiger partial charge in [-0.3, -0.25) is 4.79 Å². The second-order valence-electron chi connectivity index (χ2n) is 8.16. The van der Waals surface area contributed by atoms with Gasteiger partial charge >= 0.3 is 0 Å². The van der Waals surface area contributed by atoms with Crippen LogP contribution in [0.5, 0.6) is 0 Å². The van der Waals surface area contributed by atoms with Crippen LogP contribution in [0, 0.1) is 5.82 Å². The molecule has 1 heterocycles. The van der Waals surface area contributed by atoms with E-state index < -0.39 is 0 Å². The quantitative estimate of drug-likeness (QED) is 0.473. The third kappa shape index (κ3) is 3.47.